The van der Waals surface area contributed by atoms with Gasteiger partial charge in [-0.15, -0.1) is 0 Å². The Bertz CT molecular complexity index is 469. The summed E-state index contributed by atoms with van der Waals surface area (Å²) in [6.45, 7) is 0. The molecule has 1 heterocycles. The third-order valence-corrected chi connectivity index (χ3v) is 2.71. The zero-order valence-corrected chi connectivity index (χ0v) is 9.38. The summed E-state index contributed by atoms with van der Waals surface area (Å²) in [5, 5.41) is 13.7. The number of thiocarbonyl (C=S) groups is 1. The Morgan fingerprint density at radius 2 is 1.65 bits per heavy atom. The van der Waals surface area contributed by atoms with Gasteiger partial charge in [0.15, 0.2) is 5.11 Å². The second kappa shape index (κ2) is 4.21. The number of carbonyl (C=O) groups excluding carboxylic acids is 2. The van der Waals surface area contributed by atoms with E-state index in [-0.39, 0.29) is 5.11 Å². The van der Waals surface area contributed by atoms with Gasteiger partial charge < -0.3 is 15.8 Å². The van der Waals surface area contributed by atoms with Gasteiger partial charge in [0.1, 0.15) is 0 Å². The van der Waals surface area contributed by atoms with Crippen molar-refractivity contribution in [2.45, 2.75) is 5.54 Å². The van der Waals surface area contributed by atoms with Gasteiger partial charge in [-0.25, -0.2) is 0 Å². The molecule has 0 radical (unpaired) electrons. The van der Waals surface area contributed by atoms with E-state index in [9.17, 15) is 14.8 Å². The summed E-state index contributed by atoms with van der Waals surface area (Å²) in [6, 6.07) is 8.15. The predicted octanol–water partition coefficient (Wildman–Crippen LogP) is -0.608. The fraction of sp³-hybridized carbons (Fsp3) is 0.100. The van der Waals surface area contributed by atoms with E-state index in [1.54, 1.807) is 35.8 Å². The van der Waals surface area contributed by atoms with Gasteiger partial charge in [0.05, 0.1) is 0 Å². The van der Waals surface area contributed by atoms with Crippen LogP contribution in [0.3, 0.4) is 0 Å². The molecule has 1 aliphatic heterocycles. The Labute approximate surface area is 102 Å². The van der Waals surface area contributed by atoms with Crippen LogP contribution < -0.4 is 16.1 Å². The quantitative estimate of drug-likeness (QED) is 0.320. The number of benzene rings is 1. The minimum atomic E-state index is -1.87. The average Bonchev–Trinajstić information content (AvgIpc) is 2.30. The Morgan fingerprint density at radius 3 is 2.12 bits per heavy atom. The molecule has 1 aromatic carbocycles. The number of hydroxylamine groups is 1. The Kier molecular flexibility index (Phi) is 2.88. The number of carbonyl (C=O) groups is 2. The van der Waals surface area contributed by atoms with Crippen LogP contribution in [0.25, 0.3) is 0 Å². The van der Waals surface area contributed by atoms with Crippen molar-refractivity contribution >= 4 is 29.1 Å². The number of rotatable bonds is 2. The van der Waals surface area contributed by atoms with Gasteiger partial charge in [0.2, 0.25) is 5.54 Å². The highest BCUT2D eigenvalue weighted by molar-refractivity contribution is 7.80. The molecule has 1 aromatic rings. The molecule has 2 rings (SSSR count). The highest BCUT2D eigenvalue weighted by atomic mass is 32.1. The zero-order valence-electron chi connectivity index (χ0n) is 8.56. The van der Waals surface area contributed by atoms with E-state index in [1.807, 2.05) is 0 Å². The number of nitrogens with one attached hydrogen (secondary N) is 3. The topological polar surface area (TPSA) is 90.5 Å². The predicted molar refractivity (Wildman–Crippen MR) is 61.9 cm³/mol. The molecule has 4 N–H and O–H groups in total. The maximum absolute atomic E-state index is 11.9. The van der Waals surface area contributed by atoms with Crippen molar-refractivity contribution < 1.29 is 14.8 Å². The van der Waals surface area contributed by atoms with E-state index >= 15 is 0 Å². The molecule has 1 aliphatic rings. The first-order valence-corrected chi connectivity index (χ1v) is 5.15. The Balaban J connectivity index is 2.54. The lowest BCUT2D eigenvalue weighted by Gasteiger charge is -2.33. The highest BCUT2D eigenvalue weighted by Gasteiger charge is 2.51. The molecule has 0 atom stereocenters. The van der Waals surface area contributed by atoms with Crippen LogP contribution in [0.2, 0.25) is 0 Å². The second-order valence-corrected chi connectivity index (χ2v) is 3.87. The maximum Gasteiger partial charge on any atom is 0.263 e. The molecule has 1 saturated heterocycles. The minimum absolute atomic E-state index is 0.0817. The standard InChI is InChI=1S/C10H9N3O3S/c14-7-10(13-16,6-4-2-1-3-5-6)8(15)12-9(17)11-7/h1-5,13,16H,(H2,11,12,14,15,17). The van der Waals surface area contributed by atoms with E-state index in [1.165, 1.54) is 0 Å². The lowest BCUT2D eigenvalue weighted by molar-refractivity contribution is -0.145. The van der Waals surface area contributed by atoms with Crippen LogP contribution in [0.1, 0.15) is 5.56 Å². The molecular weight excluding hydrogens is 242 g/mol. The largest absolute Gasteiger partial charge is 0.315 e. The SMILES string of the molecule is O=C1NC(=S)NC(=O)C1(NO)c1ccccc1. The van der Waals surface area contributed by atoms with Gasteiger partial charge in [-0.3, -0.25) is 9.59 Å². The molecule has 0 aromatic heterocycles. The van der Waals surface area contributed by atoms with Gasteiger partial charge in [-0.2, -0.15) is 5.48 Å². The lowest BCUT2D eigenvalue weighted by atomic mass is 9.87. The van der Waals surface area contributed by atoms with Crippen LogP contribution in [0.4, 0.5) is 0 Å². The van der Waals surface area contributed by atoms with Crippen LogP contribution in [0, 0.1) is 0 Å². The Hall–Kier alpha value is -1.83. The summed E-state index contributed by atoms with van der Waals surface area (Å²) >= 11 is 4.69. The normalized spacial score (nSPS) is 18.5. The summed E-state index contributed by atoms with van der Waals surface area (Å²) in [7, 11) is 0. The number of hydrogen-bond donors (Lipinski definition) is 4. The van der Waals surface area contributed by atoms with Gasteiger partial charge in [0.25, 0.3) is 11.8 Å². The van der Waals surface area contributed by atoms with Crippen molar-refractivity contribution in [3.8, 4) is 0 Å². The summed E-state index contributed by atoms with van der Waals surface area (Å²) < 4.78 is 0. The van der Waals surface area contributed by atoms with E-state index in [4.69, 9.17) is 0 Å². The number of hydrogen-bond acceptors (Lipinski definition) is 5. The summed E-state index contributed by atoms with van der Waals surface area (Å²) in [4.78, 5) is 23.8. The van der Waals surface area contributed by atoms with Crippen LogP contribution in [0.15, 0.2) is 30.3 Å². The fourth-order valence-electron chi connectivity index (χ4n) is 1.64. The third-order valence-electron chi connectivity index (χ3n) is 2.51. The fourth-order valence-corrected chi connectivity index (χ4v) is 1.83. The van der Waals surface area contributed by atoms with Crippen molar-refractivity contribution in [2.75, 3.05) is 0 Å². The third kappa shape index (κ3) is 1.70. The molecular formula is C10H9N3O3S. The first kappa shape index (κ1) is 11.6. The smallest absolute Gasteiger partial charge is 0.263 e. The second-order valence-electron chi connectivity index (χ2n) is 3.47. The van der Waals surface area contributed by atoms with Gasteiger partial charge >= 0.3 is 0 Å². The first-order valence-electron chi connectivity index (χ1n) is 4.75. The molecule has 0 unspecified atom stereocenters. The molecule has 6 nitrogen and oxygen atoms in total. The van der Waals surface area contributed by atoms with Crippen molar-refractivity contribution in [1.82, 2.24) is 16.1 Å². The van der Waals surface area contributed by atoms with E-state index in [0.717, 1.165) is 0 Å². The Morgan fingerprint density at radius 1 is 1.12 bits per heavy atom. The molecule has 88 valence electrons. The van der Waals surface area contributed by atoms with Crippen LogP contribution in [-0.2, 0) is 15.1 Å². The maximum atomic E-state index is 11.9. The average molecular weight is 251 g/mol. The van der Waals surface area contributed by atoms with E-state index in [0.29, 0.717) is 5.56 Å². The molecule has 0 saturated carbocycles. The zero-order chi connectivity index (χ0) is 12.5. The number of amides is 2. The molecule has 7 heteroatoms. The van der Waals surface area contributed by atoms with E-state index < -0.39 is 17.4 Å². The molecule has 0 aliphatic carbocycles. The summed E-state index contributed by atoms with van der Waals surface area (Å²) in [6.07, 6.45) is 0. The molecule has 0 spiro atoms. The van der Waals surface area contributed by atoms with Crippen LogP contribution >= 0.6 is 12.2 Å². The molecule has 17 heavy (non-hydrogen) atoms. The molecule has 0 bridgehead atoms. The van der Waals surface area contributed by atoms with Crippen molar-refractivity contribution in [3.05, 3.63) is 35.9 Å². The molecule has 1 fully saturated rings. The highest BCUT2D eigenvalue weighted by Crippen LogP contribution is 2.23. The van der Waals surface area contributed by atoms with Crippen molar-refractivity contribution in [1.29, 1.82) is 0 Å². The summed E-state index contributed by atoms with van der Waals surface area (Å²) in [5.41, 5.74) is 0.218. The van der Waals surface area contributed by atoms with E-state index in [2.05, 4.69) is 22.9 Å². The van der Waals surface area contributed by atoms with Gasteiger partial charge in [0, 0.05) is 0 Å². The minimum Gasteiger partial charge on any atom is -0.315 e. The van der Waals surface area contributed by atoms with Crippen LogP contribution in [0.5, 0.6) is 0 Å². The van der Waals surface area contributed by atoms with Crippen LogP contribution in [-0.4, -0.2) is 22.1 Å². The summed E-state index contributed by atoms with van der Waals surface area (Å²) in [5.74, 6) is -1.44. The first-order chi connectivity index (χ1) is 8.11. The monoisotopic (exact) mass is 251 g/mol. The van der Waals surface area contributed by atoms with Gasteiger partial charge in [-0.05, 0) is 17.8 Å². The molecule has 2 amide bonds. The van der Waals surface area contributed by atoms with Crippen molar-refractivity contribution in [3.63, 3.8) is 0 Å². The lowest BCUT2D eigenvalue weighted by Crippen LogP contribution is -2.69. The van der Waals surface area contributed by atoms with Crippen molar-refractivity contribution in [2.24, 2.45) is 0 Å². The van der Waals surface area contributed by atoms with Gasteiger partial charge in [-0.1, -0.05) is 30.3 Å².